The van der Waals surface area contributed by atoms with E-state index in [0.29, 0.717) is 0 Å². The molecule has 1 aromatic heterocycles. The van der Waals surface area contributed by atoms with E-state index < -0.39 is 0 Å². The van der Waals surface area contributed by atoms with Gasteiger partial charge < -0.3 is 9.30 Å². The summed E-state index contributed by atoms with van der Waals surface area (Å²) in [5.74, 6) is 0.887. The molecule has 0 amide bonds. The molecule has 114 valence electrons. The van der Waals surface area contributed by atoms with Gasteiger partial charge in [0.2, 0.25) is 0 Å². The predicted molar refractivity (Wildman–Crippen MR) is 95.1 cm³/mol. The SMILES string of the molecule is COc1ccc(CN(C)Cn2c(=S)sc3ccccc32)cc1. The maximum absolute atomic E-state index is 5.51. The molecular formula is C17H18N2OS2. The first-order valence-corrected chi connectivity index (χ1v) is 8.29. The second kappa shape index (κ2) is 6.60. The Balaban J connectivity index is 1.76. The molecule has 0 saturated heterocycles. The number of aromatic nitrogens is 1. The molecule has 0 fully saturated rings. The van der Waals surface area contributed by atoms with Crippen molar-refractivity contribution in [1.29, 1.82) is 0 Å². The van der Waals surface area contributed by atoms with Crippen LogP contribution in [-0.2, 0) is 13.2 Å². The van der Waals surface area contributed by atoms with Gasteiger partial charge in [-0.2, -0.15) is 0 Å². The van der Waals surface area contributed by atoms with E-state index in [-0.39, 0.29) is 0 Å². The molecule has 0 unspecified atom stereocenters. The third-order valence-corrected chi connectivity index (χ3v) is 5.00. The van der Waals surface area contributed by atoms with Gasteiger partial charge in [-0.15, -0.1) is 11.3 Å². The standard InChI is InChI=1S/C17H18N2OS2/c1-18(11-13-7-9-14(20-2)10-8-13)12-19-15-5-3-4-6-16(15)22-17(19)21/h3-10H,11-12H2,1-2H3. The van der Waals surface area contributed by atoms with Gasteiger partial charge in [0.15, 0.2) is 3.95 Å². The fourth-order valence-electron chi connectivity index (χ4n) is 2.48. The van der Waals surface area contributed by atoms with Gasteiger partial charge in [-0.25, -0.2) is 0 Å². The number of rotatable bonds is 5. The lowest BCUT2D eigenvalue weighted by atomic mass is 10.2. The molecule has 0 radical (unpaired) electrons. The topological polar surface area (TPSA) is 17.4 Å². The Morgan fingerprint density at radius 2 is 1.86 bits per heavy atom. The number of hydrogen-bond acceptors (Lipinski definition) is 4. The first-order chi connectivity index (χ1) is 10.7. The first-order valence-electron chi connectivity index (χ1n) is 7.07. The van der Waals surface area contributed by atoms with Crippen molar-refractivity contribution in [3.8, 4) is 5.75 Å². The number of ether oxygens (including phenoxy) is 1. The number of hydrogen-bond donors (Lipinski definition) is 0. The summed E-state index contributed by atoms with van der Waals surface area (Å²) in [6, 6.07) is 16.5. The van der Waals surface area contributed by atoms with Gasteiger partial charge in [0.25, 0.3) is 0 Å². The summed E-state index contributed by atoms with van der Waals surface area (Å²) in [5, 5.41) is 0. The van der Waals surface area contributed by atoms with Gasteiger partial charge >= 0.3 is 0 Å². The normalized spacial score (nSPS) is 11.2. The molecule has 5 heteroatoms. The van der Waals surface area contributed by atoms with Crippen molar-refractivity contribution in [2.24, 2.45) is 0 Å². The first kappa shape index (κ1) is 15.2. The van der Waals surface area contributed by atoms with Gasteiger partial charge in [-0.05, 0) is 49.1 Å². The quantitative estimate of drug-likeness (QED) is 0.640. The maximum atomic E-state index is 5.51. The van der Waals surface area contributed by atoms with E-state index in [4.69, 9.17) is 17.0 Å². The Bertz CT molecular complexity index is 821. The van der Waals surface area contributed by atoms with Crippen LogP contribution < -0.4 is 4.74 Å². The van der Waals surface area contributed by atoms with Crippen LogP contribution >= 0.6 is 23.6 Å². The number of para-hydroxylation sites is 1. The molecule has 1 heterocycles. The maximum Gasteiger partial charge on any atom is 0.163 e. The molecule has 2 aromatic carbocycles. The Hall–Kier alpha value is -1.69. The summed E-state index contributed by atoms with van der Waals surface area (Å²) in [5.41, 5.74) is 2.47. The number of thiazole rings is 1. The summed E-state index contributed by atoms with van der Waals surface area (Å²) in [7, 11) is 3.79. The van der Waals surface area contributed by atoms with Crippen LogP contribution in [0.3, 0.4) is 0 Å². The number of nitrogens with zero attached hydrogens (tertiary/aromatic N) is 2. The lowest BCUT2D eigenvalue weighted by Gasteiger charge is -2.18. The Morgan fingerprint density at radius 3 is 2.59 bits per heavy atom. The van der Waals surface area contributed by atoms with Crippen molar-refractivity contribution < 1.29 is 4.74 Å². The van der Waals surface area contributed by atoms with E-state index in [1.165, 1.54) is 15.8 Å². The molecule has 0 aliphatic heterocycles. The third-order valence-electron chi connectivity index (χ3n) is 3.57. The number of benzene rings is 2. The lowest BCUT2D eigenvalue weighted by molar-refractivity contribution is 0.264. The molecule has 0 bridgehead atoms. The third kappa shape index (κ3) is 3.21. The molecular weight excluding hydrogens is 312 g/mol. The minimum Gasteiger partial charge on any atom is -0.497 e. The van der Waals surface area contributed by atoms with Gasteiger partial charge in [-0.3, -0.25) is 4.90 Å². The van der Waals surface area contributed by atoms with Crippen LogP contribution in [0, 0.1) is 3.95 Å². The van der Waals surface area contributed by atoms with Crippen LogP contribution in [0.15, 0.2) is 48.5 Å². The van der Waals surface area contributed by atoms with Crippen LogP contribution in [-0.4, -0.2) is 23.6 Å². The zero-order chi connectivity index (χ0) is 15.5. The van der Waals surface area contributed by atoms with E-state index in [2.05, 4.69) is 52.9 Å². The van der Waals surface area contributed by atoms with Gasteiger partial charge in [0.1, 0.15) is 5.75 Å². The second-order valence-corrected chi connectivity index (χ2v) is 6.94. The smallest absolute Gasteiger partial charge is 0.163 e. The van der Waals surface area contributed by atoms with Crippen molar-refractivity contribution in [1.82, 2.24) is 9.47 Å². The van der Waals surface area contributed by atoms with Gasteiger partial charge in [0, 0.05) is 6.54 Å². The monoisotopic (exact) mass is 330 g/mol. The Morgan fingerprint density at radius 1 is 1.14 bits per heavy atom. The van der Waals surface area contributed by atoms with Crippen molar-refractivity contribution in [2.45, 2.75) is 13.2 Å². The van der Waals surface area contributed by atoms with Crippen LogP contribution in [0.2, 0.25) is 0 Å². The van der Waals surface area contributed by atoms with Crippen molar-refractivity contribution >= 4 is 33.8 Å². The van der Waals surface area contributed by atoms with Crippen LogP contribution in [0.1, 0.15) is 5.56 Å². The van der Waals surface area contributed by atoms with E-state index >= 15 is 0 Å². The molecule has 3 aromatic rings. The zero-order valence-corrected chi connectivity index (χ0v) is 14.3. The minimum absolute atomic E-state index is 0.787. The average Bonchev–Trinajstić information content (AvgIpc) is 2.84. The highest BCUT2D eigenvalue weighted by atomic mass is 32.1. The van der Waals surface area contributed by atoms with E-state index in [9.17, 15) is 0 Å². The molecule has 0 aliphatic rings. The van der Waals surface area contributed by atoms with E-state index in [1.807, 2.05) is 12.1 Å². The summed E-state index contributed by atoms with van der Waals surface area (Å²) in [6.45, 7) is 1.66. The van der Waals surface area contributed by atoms with Crippen LogP contribution in [0.4, 0.5) is 0 Å². The zero-order valence-electron chi connectivity index (χ0n) is 12.7. The second-order valence-electron chi connectivity index (χ2n) is 5.27. The highest BCUT2D eigenvalue weighted by Gasteiger charge is 2.07. The minimum atomic E-state index is 0.787. The molecule has 22 heavy (non-hydrogen) atoms. The fraction of sp³-hybridized carbons (Fsp3) is 0.235. The molecule has 0 atom stereocenters. The summed E-state index contributed by atoms with van der Waals surface area (Å²) in [6.07, 6.45) is 0. The Labute approximate surface area is 139 Å². The average molecular weight is 330 g/mol. The van der Waals surface area contributed by atoms with Gasteiger partial charge in [0.05, 0.1) is 24.0 Å². The van der Waals surface area contributed by atoms with Crippen LogP contribution in [0.5, 0.6) is 5.75 Å². The summed E-state index contributed by atoms with van der Waals surface area (Å²) in [4.78, 5) is 2.26. The van der Waals surface area contributed by atoms with Gasteiger partial charge in [-0.1, -0.05) is 24.3 Å². The molecule has 0 spiro atoms. The highest BCUT2D eigenvalue weighted by molar-refractivity contribution is 7.73. The molecule has 0 aliphatic carbocycles. The lowest BCUT2D eigenvalue weighted by Crippen LogP contribution is -2.21. The number of fused-ring (bicyclic) bond motifs is 1. The number of methoxy groups -OCH3 is 1. The van der Waals surface area contributed by atoms with Crippen molar-refractivity contribution in [3.05, 3.63) is 58.0 Å². The predicted octanol–water partition coefficient (Wildman–Crippen LogP) is 4.53. The van der Waals surface area contributed by atoms with E-state index in [1.54, 1.807) is 18.4 Å². The van der Waals surface area contributed by atoms with Crippen molar-refractivity contribution in [3.63, 3.8) is 0 Å². The Kier molecular flexibility index (Phi) is 4.57. The molecule has 0 saturated carbocycles. The van der Waals surface area contributed by atoms with Crippen LogP contribution in [0.25, 0.3) is 10.2 Å². The highest BCUT2D eigenvalue weighted by Crippen LogP contribution is 2.23. The van der Waals surface area contributed by atoms with Crippen molar-refractivity contribution in [2.75, 3.05) is 14.2 Å². The summed E-state index contributed by atoms with van der Waals surface area (Å²) >= 11 is 7.17. The molecule has 3 nitrogen and oxygen atoms in total. The molecule has 0 N–H and O–H groups in total. The largest absolute Gasteiger partial charge is 0.497 e. The van der Waals surface area contributed by atoms with E-state index in [0.717, 1.165) is 22.9 Å². The summed E-state index contributed by atoms with van der Waals surface area (Å²) < 4.78 is 9.55. The fourth-order valence-corrected chi connectivity index (χ4v) is 3.79. The molecule has 3 rings (SSSR count).